The van der Waals surface area contributed by atoms with E-state index in [0.717, 1.165) is 12.3 Å². The average molecular weight is 326 g/mol. The normalized spacial score (nSPS) is 21.0. The fraction of sp³-hybridized carbons (Fsp3) is 0.267. The molecule has 1 atom stereocenters. The molecule has 0 saturated heterocycles. The second-order valence-corrected chi connectivity index (χ2v) is 5.75. The maximum absolute atomic E-state index is 14.1. The number of amidine groups is 1. The monoisotopic (exact) mass is 326 g/mol. The highest BCUT2D eigenvalue weighted by atomic mass is 19.4. The Balaban J connectivity index is 2.10. The van der Waals surface area contributed by atoms with Crippen LogP contribution in [0.2, 0.25) is 0 Å². The number of fused-ring (bicyclic) bond motifs is 1. The summed E-state index contributed by atoms with van der Waals surface area (Å²) < 4.78 is 54.1. The number of nitrogen functional groups attached to an aromatic ring is 1. The van der Waals surface area contributed by atoms with Crippen LogP contribution >= 0.6 is 0 Å². The summed E-state index contributed by atoms with van der Waals surface area (Å²) in [7, 11) is 0. The Morgan fingerprint density at radius 1 is 1.22 bits per heavy atom. The fourth-order valence-corrected chi connectivity index (χ4v) is 2.80. The zero-order valence-electron chi connectivity index (χ0n) is 12.2. The van der Waals surface area contributed by atoms with E-state index in [2.05, 4.69) is 4.99 Å². The molecule has 1 aliphatic heterocycles. The zero-order valence-corrected chi connectivity index (χ0v) is 12.2. The van der Waals surface area contributed by atoms with Crippen LogP contribution in [0.15, 0.2) is 35.5 Å². The van der Waals surface area contributed by atoms with Gasteiger partial charge in [0.05, 0.1) is 17.8 Å². The first-order chi connectivity index (χ1) is 10.6. The standard InChI is InChI=1S/C15H14F4N4/c1-14(10-5-9(20)2-3-11(10)16)7-23-6-8(15(17,18)19)4-12(23)13(21)22-14/h2-6H,7,20H2,1H3,(H2,21,22). The third kappa shape index (κ3) is 2.54. The number of alkyl halides is 3. The van der Waals surface area contributed by atoms with Gasteiger partial charge in [-0.2, -0.15) is 13.2 Å². The van der Waals surface area contributed by atoms with Gasteiger partial charge in [0.2, 0.25) is 0 Å². The molecule has 122 valence electrons. The predicted octanol–water partition coefficient (Wildman–Crippen LogP) is 2.86. The molecular formula is C15H14F4N4. The summed E-state index contributed by atoms with van der Waals surface area (Å²) in [6.07, 6.45) is -3.53. The van der Waals surface area contributed by atoms with E-state index in [1.807, 2.05) is 0 Å². The molecule has 8 heteroatoms. The molecule has 3 rings (SSSR count). The highest BCUT2D eigenvalue weighted by Gasteiger charge is 2.38. The number of nitrogens with two attached hydrogens (primary N) is 2. The quantitative estimate of drug-likeness (QED) is 0.625. The van der Waals surface area contributed by atoms with Gasteiger partial charge in [-0.1, -0.05) is 0 Å². The molecule has 1 aromatic carbocycles. The van der Waals surface area contributed by atoms with Crippen LogP contribution < -0.4 is 11.5 Å². The van der Waals surface area contributed by atoms with Gasteiger partial charge in [-0.3, -0.25) is 4.99 Å². The number of nitrogens with zero attached hydrogens (tertiary/aromatic N) is 2. The zero-order chi connectivity index (χ0) is 17.0. The molecule has 4 nitrogen and oxygen atoms in total. The summed E-state index contributed by atoms with van der Waals surface area (Å²) in [5.74, 6) is -0.610. The number of aromatic nitrogens is 1. The van der Waals surface area contributed by atoms with Crippen molar-refractivity contribution in [1.29, 1.82) is 0 Å². The molecule has 1 unspecified atom stereocenters. The van der Waals surface area contributed by atoms with Gasteiger partial charge in [-0.15, -0.1) is 0 Å². The van der Waals surface area contributed by atoms with Crippen molar-refractivity contribution in [3.05, 3.63) is 53.1 Å². The number of rotatable bonds is 1. The van der Waals surface area contributed by atoms with Crippen LogP contribution in [-0.4, -0.2) is 10.4 Å². The molecule has 4 N–H and O–H groups in total. The van der Waals surface area contributed by atoms with Crippen molar-refractivity contribution in [1.82, 2.24) is 4.57 Å². The molecular weight excluding hydrogens is 312 g/mol. The lowest BCUT2D eigenvalue weighted by Crippen LogP contribution is -2.37. The van der Waals surface area contributed by atoms with Gasteiger partial charge in [0.15, 0.2) is 0 Å². The molecule has 0 aliphatic carbocycles. The van der Waals surface area contributed by atoms with Crippen molar-refractivity contribution in [2.45, 2.75) is 25.2 Å². The number of hydrogen-bond acceptors (Lipinski definition) is 3. The molecule has 0 amide bonds. The Hall–Kier alpha value is -2.51. The van der Waals surface area contributed by atoms with Crippen LogP contribution in [0.3, 0.4) is 0 Å². The highest BCUT2D eigenvalue weighted by Crippen LogP contribution is 2.37. The molecule has 0 radical (unpaired) electrons. The number of hydrogen-bond donors (Lipinski definition) is 2. The van der Waals surface area contributed by atoms with Crippen molar-refractivity contribution in [2.24, 2.45) is 10.7 Å². The maximum Gasteiger partial charge on any atom is 0.417 e. The topological polar surface area (TPSA) is 69.3 Å². The second-order valence-electron chi connectivity index (χ2n) is 5.75. The molecule has 0 fully saturated rings. The molecule has 2 aromatic rings. The van der Waals surface area contributed by atoms with E-state index in [1.165, 1.54) is 22.8 Å². The van der Waals surface area contributed by atoms with Gasteiger partial charge in [0.25, 0.3) is 0 Å². The molecule has 0 spiro atoms. The van der Waals surface area contributed by atoms with Gasteiger partial charge in [0.1, 0.15) is 17.2 Å². The SMILES string of the molecule is CC1(c2cc(N)ccc2F)Cn2cc(C(F)(F)F)cc2C(N)=N1. The van der Waals surface area contributed by atoms with E-state index in [1.54, 1.807) is 6.92 Å². The number of aliphatic imine (C=N–C) groups is 1. The smallest absolute Gasteiger partial charge is 0.399 e. The number of anilines is 1. The van der Waals surface area contributed by atoms with Crippen LogP contribution in [-0.2, 0) is 18.3 Å². The van der Waals surface area contributed by atoms with Crippen molar-refractivity contribution in [3.8, 4) is 0 Å². The Kier molecular flexibility index (Phi) is 3.17. The van der Waals surface area contributed by atoms with Gasteiger partial charge in [-0.25, -0.2) is 4.39 Å². The van der Waals surface area contributed by atoms with Crippen LogP contribution in [0.1, 0.15) is 23.7 Å². The van der Waals surface area contributed by atoms with Crippen LogP contribution in [0, 0.1) is 5.82 Å². The molecule has 1 aromatic heterocycles. The van der Waals surface area contributed by atoms with E-state index in [9.17, 15) is 17.6 Å². The summed E-state index contributed by atoms with van der Waals surface area (Å²) >= 11 is 0. The minimum absolute atomic E-state index is 0.0273. The highest BCUT2D eigenvalue weighted by molar-refractivity contribution is 5.97. The van der Waals surface area contributed by atoms with E-state index in [4.69, 9.17) is 11.5 Å². The molecule has 0 saturated carbocycles. The van der Waals surface area contributed by atoms with Gasteiger partial charge >= 0.3 is 6.18 Å². The maximum atomic E-state index is 14.1. The third-order valence-electron chi connectivity index (χ3n) is 3.90. The van der Waals surface area contributed by atoms with Gasteiger partial charge < -0.3 is 16.0 Å². The van der Waals surface area contributed by atoms with Gasteiger partial charge in [-0.05, 0) is 31.2 Å². The van der Waals surface area contributed by atoms with Crippen molar-refractivity contribution in [3.63, 3.8) is 0 Å². The van der Waals surface area contributed by atoms with Gasteiger partial charge in [0, 0.05) is 17.4 Å². The third-order valence-corrected chi connectivity index (χ3v) is 3.90. The van der Waals surface area contributed by atoms with E-state index < -0.39 is 23.1 Å². The molecule has 0 bridgehead atoms. The fourth-order valence-electron chi connectivity index (χ4n) is 2.80. The van der Waals surface area contributed by atoms with Crippen molar-refractivity contribution < 1.29 is 17.6 Å². The Morgan fingerprint density at radius 2 is 1.91 bits per heavy atom. The lowest BCUT2D eigenvalue weighted by Gasteiger charge is -2.32. The minimum Gasteiger partial charge on any atom is -0.399 e. The number of halogens is 4. The van der Waals surface area contributed by atoms with Crippen LogP contribution in [0.5, 0.6) is 0 Å². The summed E-state index contributed by atoms with van der Waals surface area (Å²) in [6, 6.07) is 4.97. The molecule has 23 heavy (non-hydrogen) atoms. The first kappa shape index (κ1) is 15.4. The Bertz CT molecular complexity index is 806. The first-order valence-electron chi connectivity index (χ1n) is 6.79. The van der Waals surface area contributed by atoms with E-state index in [-0.39, 0.29) is 23.6 Å². The largest absolute Gasteiger partial charge is 0.417 e. The second kappa shape index (κ2) is 4.74. The van der Waals surface area contributed by atoms with Crippen LogP contribution in [0.4, 0.5) is 23.2 Å². The lowest BCUT2D eigenvalue weighted by molar-refractivity contribution is -0.137. The molecule has 1 aliphatic rings. The summed E-state index contributed by atoms with van der Waals surface area (Å²) in [4.78, 5) is 4.23. The van der Waals surface area contributed by atoms with Crippen molar-refractivity contribution >= 4 is 11.5 Å². The summed E-state index contributed by atoms with van der Waals surface area (Å²) in [5.41, 5.74) is 10.2. The van der Waals surface area contributed by atoms with Crippen LogP contribution in [0.25, 0.3) is 0 Å². The first-order valence-corrected chi connectivity index (χ1v) is 6.79. The lowest BCUT2D eigenvalue weighted by atomic mass is 9.90. The van der Waals surface area contributed by atoms with Crippen molar-refractivity contribution in [2.75, 3.05) is 5.73 Å². The average Bonchev–Trinajstić information content (AvgIpc) is 2.85. The summed E-state index contributed by atoms with van der Waals surface area (Å²) in [6.45, 7) is 1.63. The Labute approximate surface area is 129 Å². The summed E-state index contributed by atoms with van der Waals surface area (Å²) in [5, 5.41) is 0. The minimum atomic E-state index is -4.48. The predicted molar refractivity (Wildman–Crippen MR) is 78.3 cm³/mol. The number of benzene rings is 1. The Morgan fingerprint density at radius 3 is 2.57 bits per heavy atom. The van der Waals surface area contributed by atoms with E-state index >= 15 is 0 Å². The molecule has 2 heterocycles. The van der Waals surface area contributed by atoms with E-state index in [0.29, 0.717) is 5.69 Å².